The molecule has 0 saturated heterocycles. The second kappa shape index (κ2) is 30.6. The summed E-state index contributed by atoms with van der Waals surface area (Å²) in [6.07, 6.45) is 10.8. The van der Waals surface area contributed by atoms with E-state index in [1.54, 1.807) is 54.9 Å². The topological polar surface area (TPSA) is 0 Å². The van der Waals surface area contributed by atoms with Crippen LogP contribution in [0, 0.1) is 0 Å². The standard InChI is InChI=1S/4C9H7.2C7H14.2ClH.2Zr/c4*1-2-5-9-7-3-6-8(9)4-1;2*1-3-5-7-6-4-2;;;;/h4*1-7H;2*3-6H2,1-2H3;2*1H;;/q4*-1;;;;;2*+2/p-2. The second-order valence-corrected chi connectivity index (χ2v) is 16.3. The molecule has 0 aliphatic heterocycles. The van der Waals surface area contributed by atoms with E-state index in [0.717, 1.165) is 0 Å². The van der Waals surface area contributed by atoms with Crippen molar-refractivity contribution in [3.63, 3.8) is 0 Å². The first-order valence-corrected chi connectivity index (χ1v) is 21.5. The largest absolute Gasteiger partial charge is 1.00 e. The van der Waals surface area contributed by atoms with Crippen molar-refractivity contribution >= 4 is 49.5 Å². The maximum Gasteiger partial charge on any atom is -0.0809 e. The van der Waals surface area contributed by atoms with Gasteiger partial charge in [0.1, 0.15) is 0 Å². The Bertz CT molecular complexity index is 1680. The molecule has 8 aromatic carbocycles. The van der Waals surface area contributed by atoms with Crippen molar-refractivity contribution in [2.24, 2.45) is 0 Å². The average Bonchev–Trinajstić information content (AvgIpc) is 4.00. The summed E-state index contributed by atoms with van der Waals surface area (Å²) in [5, 5.41) is 10.6. The fourth-order valence-electron chi connectivity index (χ4n) is 5.74. The predicted molar refractivity (Wildman–Crippen MR) is 228 cm³/mol. The molecule has 0 aliphatic carbocycles. The smallest absolute Gasteiger partial charge is 0.0809 e. The molecule has 0 fully saturated rings. The molecule has 0 heterocycles. The van der Waals surface area contributed by atoms with Crippen LogP contribution in [-0.4, -0.2) is 6.41 Å². The van der Waals surface area contributed by atoms with Gasteiger partial charge in [0.05, 0.1) is 0 Å². The Morgan fingerprint density at radius 1 is 0.352 bits per heavy atom. The number of rotatable bonds is 8. The van der Waals surface area contributed by atoms with Gasteiger partial charge in [0.15, 0.2) is 0 Å². The van der Waals surface area contributed by atoms with Crippen LogP contribution in [0.3, 0.4) is 0 Å². The van der Waals surface area contributed by atoms with Gasteiger partial charge in [0, 0.05) is 0 Å². The van der Waals surface area contributed by atoms with Crippen LogP contribution < -0.4 is 24.8 Å². The summed E-state index contributed by atoms with van der Waals surface area (Å²) in [6, 6.07) is 58.7. The zero-order valence-corrected chi connectivity index (χ0v) is 39.0. The minimum Gasteiger partial charge on any atom is -1.00 e. The third-order valence-electron chi connectivity index (χ3n) is 8.40. The van der Waals surface area contributed by atoms with Gasteiger partial charge in [-0.25, -0.2) is 0 Å². The molecule has 0 aromatic heterocycles. The van der Waals surface area contributed by atoms with Crippen LogP contribution in [0.25, 0.3) is 43.1 Å². The molecule has 0 atom stereocenters. The first kappa shape index (κ1) is 49.4. The van der Waals surface area contributed by atoms with Gasteiger partial charge in [-0.05, 0) is 0 Å². The molecular weight excluding hydrogens is 854 g/mol. The molecule has 0 radical (unpaired) electrons. The van der Waals surface area contributed by atoms with Crippen molar-refractivity contribution < 1.29 is 73.3 Å². The van der Waals surface area contributed by atoms with Crippen molar-refractivity contribution in [2.75, 3.05) is 0 Å². The van der Waals surface area contributed by atoms with E-state index < -0.39 is 0 Å². The van der Waals surface area contributed by atoms with Crippen molar-refractivity contribution in [1.29, 1.82) is 0 Å². The zero-order valence-electron chi connectivity index (χ0n) is 32.6. The predicted octanol–water partition coefficient (Wildman–Crippen LogP) is 8.85. The summed E-state index contributed by atoms with van der Waals surface area (Å²) < 4.78 is 3.50. The van der Waals surface area contributed by atoms with Crippen LogP contribution in [0.5, 0.6) is 0 Å². The normalized spacial score (nSPS) is 9.63. The molecule has 0 amide bonds. The van der Waals surface area contributed by atoms with Crippen molar-refractivity contribution in [2.45, 2.75) is 79.1 Å². The molecule has 280 valence electrons. The van der Waals surface area contributed by atoms with Gasteiger partial charge in [0.2, 0.25) is 0 Å². The summed E-state index contributed by atoms with van der Waals surface area (Å²) in [7, 11) is 0. The van der Waals surface area contributed by atoms with E-state index in [4.69, 9.17) is 0 Å². The quantitative estimate of drug-likeness (QED) is 0.134. The van der Waals surface area contributed by atoms with Crippen LogP contribution in [0.2, 0.25) is 0 Å². The molecule has 0 bridgehead atoms. The van der Waals surface area contributed by atoms with Gasteiger partial charge in [0.25, 0.3) is 0 Å². The minimum absolute atomic E-state index is 0. The maximum atomic E-state index is 2.25. The van der Waals surface area contributed by atoms with Crippen LogP contribution >= 0.6 is 0 Å². The van der Waals surface area contributed by atoms with Gasteiger partial charge in [-0.1, -0.05) is 24.3 Å². The van der Waals surface area contributed by atoms with Gasteiger partial charge >= 0.3 is 134 Å². The Hall–Kier alpha value is -2.59. The molecule has 0 nitrogen and oxygen atoms in total. The minimum atomic E-state index is 0. The Kier molecular flexibility index (Phi) is 28.0. The maximum absolute atomic E-state index is 2.25. The van der Waals surface area contributed by atoms with Crippen LogP contribution in [0.1, 0.15) is 79.1 Å². The first-order chi connectivity index (χ1) is 25.5. The molecule has 0 aliphatic rings. The van der Waals surface area contributed by atoms with Gasteiger partial charge in [-0.3, -0.25) is 0 Å². The SMILES string of the molecule is CCC[C](=[Zr+2])CCC.CCC[C](=[Zr+2])CCC.[Cl-].[Cl-].c1ccc2[cH-]ccc2c1.c1ccc2[cH-]ccc2c1.c1ccc2[cH-]ccc2c1.c1ccc2[cH-]ccc2c1. The van der Waals surface area contributed by atoms with Crippen molar-refractivity contribution in [3.8, 4) is 0 Å². The number of hydrogen-bond acceptors (Lipinski definition) is 0. The van der Waals surface area contributed by atoms with Gasteiger partial charge in [-0.15, -0.1) is 119 Å². The van der Waals surface area contributed by atoms with E-state index in [0.29, 0.717) is 0 Å². The Labute approximate surface area is 368 Å². The third-order valence-corrected chi connectivity index (χ3v) is 10.9. The van der Waals surface area contributed by atoms with Gasteiger partial charge < -0.3 is 24.8 Å². The Balaban J connectivity index is 0.000000322. The molecule has 8 rings (SSSR count). The summed E-state index contributed by atoms with van der Waals surface area (Å²) in [5.41, 5.74) is 0. The summed E-state index contributed by atoms with van der Waals surface area (Å²) >= 11 is 3.31. The molecular formula is C50H56Cl2Zr2-2. The summed E-state index contributed by atoms with van der Waals surface area (Å²) in [4.78, 5) is 0. The Morgan fingerprint density at radius 3 is 0.741 bits per heavy atom. The van der Waals surface area contributed by atoms with E-state index in [2.05, 4.69) is 198 Å². The molecule has 4 heteroatoms. The monoisotopic (exact) mass is 906 g/mol. The van der Waals surface area contributed by atoms with E-state index in [1.165, 1.54) is 94.5 Å². The fourth-order valence-corrected chi connectivity index (χ4v) is 8.19. The van der Waals surface area contributed by atoms with Crippen LogP contribution in [0.4, 0.5) is 0 Å². The van der Waals surface area contributed by atoms with Crippen LogP contribution in [-0.2, 0) is 48.5 Å². The Morgan fingerprint density at radius 2 is 0.556 bits per heavy atom. The van der Waals surface area contributed by atoms with E-state index in [-0.39, 0.29) is 24.8 Å². The van der Waals surface area contributed by atoms with Crippen molar-refractivity contribution in [3.05, 3.63) is 170 Å². The number of halogens is 2. The summed E-state index contributed by atoms with van der Waals surface area (Å²) in [6.45, 7) is 9.00. The fraction of sp³-hybridized carbons (Fsp3) is 0.240. The summed E-state index contributed by atoms with van der Waals surface area (Å²) in [5.74, 6) is 0. The zero-order chi connectivity index (χ0) is 37.2. The first-order valence-electron chi connectivity index (χ1n) is 19.0. The third kappa shape index (κ3) is 19.3. The molecule has 0 unspecified atom stereocenters. The number of benzene rings is 4. The van der Waals surface area contributed by atoms with E-state index in [1.807, 2.05) is 0 Å². The molecule has 54 heavy (non-hydrogen) atoms. The van der Waals surface area contributed by atoms with Crippen LogP contribution in [0.15, 0.2) is 170 Å². The molecule has 0 N–H and O–H groups in total. The van der Waals surface area contributed by atoms with Gasteiger partial charge in [-0.2, -0.15) is 70.1 Å². The number of fused-ring (bicyclic) bond motifs is 4. The van der Waals surface area contributed by atoms with E-state index in [9.17, 15) is 0 Å². The molecule has 0 spiro atoms. The number of hydrogen-bond donors (Lipinski definition) is 0. The van der Waals surface area contributed by atoms with E-state index >= 15 is 0 Å². The average molecular weight is 910 g/mol. The van der Waals surface area contributed by atoms with Crippen molar-refractivity contribution in [1.82, 2.24) is 0 Å². The molecule has 8 aromatic rings. The molecule has 0 saturated carbocycles. The second-order valence-electron chi connectivity index (χ2n) is 12.8.